The second kappa shape index (κ2) is 17.4. The van der Waals surface area contributed by atoms with Crippen molar-refractivity contribution >= 4 is 151 Å². The number of rotatable bonds is 6. The van der Waals surface area contributed by atoms with Gasteiger partial charge >= 0.3 is 13.7 Å². The average molecular weight is 1100 g/mol. The average Bonchev–Trinajstić information content (AvgIpc) is 1.65. The van der Waals surface area contributed by atoms with Gasteiger partial charge < -0.3 is 27.9 Å². The van der Waals surface area contributed by atoms with E-state index in [-0.39, 0.29) is 13.7 Å². The van der Waals surface area contributed by atoms with Crippen molar-refractivity contribution in [3.63, 3.8) is 0 Å². The normalized spacial score (nSPS) is 13.0. The van der Waals surface area contributed by atoms with Crippen LogP contribution >= 0.6 is 0 Å². The number of nitrogens with zero attached hydrogens (tertiary/aromatic N) is 6. The van der Waals surface area contributed by atoms with Gasteiger partial charge in [-0.25, -0.2) is 0 Å². The highest BCUT2D eigenvalue weighted by molar-refractivity contribution is 6.92. The lowest BCUT2D eigenvalue weighted by Gasteiger charge is -2.41. The molecule has 0 spiro atoms. The zero-order valence-corrected chi connectivity index (χ0v) is 47.5. The van der Waals surface area contributed by atoms with Crippen molar-refractivity contribution in [2.24, 2.45) is 0 Å². The monoisotopic (exact) mass is 1100 g/mol. The number of aromatic nitrogens is 4. The molecule has 3 aliphatic heterocycles. The van der Waals surface area contributed by atoms with Gasteiger partial charge in [-0.2, -0.15) is 0 Å². The third-order valence-corrected chi connectivity index (χ3v) is 19.7. The van der Waals surface area contributed by atoms with Crippen molar-refractivity contribution in [1.29, 1.82) is 0 Å². The summed E-state index contributed by atoms with van der Waals surface area (Å²) in [5, 5.41) is 10.2. The summed E-state index contributed by atoms with van der Waals surface area (Å²) in [6, 6.07) is 107. The van der Waals surface area contributed by atoms with E-state index >= 15 is 0 Å². The Morgan fingerprint density at radius 2 is 0.759 bits per heavy atom. The molecule has 0 atom stereocenters. The van der Waals surface area contributed by atoms with Crippen LogP contribution in [0.15, 0.2) is 285 Å². The highest BCUT2D eigenvalue weighted by Crippen LogP contribution is 2.51. The quantitative estimate of drug-likeness (QED) is 0.155. The molecular formula is C79H50B2N6. The van der Waals surface area contributed by atoms with Gasteiger partial charge in [0.1, 0.15) is 0 Å². The zero-order chi connectivity index (χ0) is 56.8. The molecule has 3 aliphatic rings. The standard InChI is InChI=1S/C79H50B2N6/c1-82(50-24-6-2-7-25-50)68-42-22-36-54-60-47-70-72(56-32-14-18-38-63(56)83(70)51-26-8-3-9-27-51)74-58-34-16-20-40-65(58)86(78(60)74)80(76(54)68)49-44-45-67-62(46-49)81-77-55(37-23-43-69(77)85(67)53-30-12-5-13-31-53)61-48-71-73(75-59-35-17-21-41-66(59)87(81)79(61)75)57-33-15-19-39-64(57)84(71)52-28-10-4-11-29-52/h2-48H,1H3. The fourth-order valence-corrected chi connectivity index (χ4v) is 16.4. The van der Waals surface area contributed by atoms with E-state index in [0.29, 0.717) is 0 Å². The summed E-state index contributed by atoms with van der Waals surface area (Å²) < 4.78 is 10.5. The van der Waals surface area contributed by atoms with E-state index in [0.717, 1.165) is 22.7 Å². The SMILES string of the molecule is CN(c1ccccc1)c1cccc2c1B(c1ccc3c(c1)B1c4c(cccc4N3c3ccccc3)-c3cc4c(c5ccccc5n4-c4ccccc4)c4c5ccccc5n1c34)n1c3ccccc3c3c4c5ccccc5n(-c5ccccc5)c4cc-2c31. The Morgan fingerprint density at radius 3 is 1.31 bits per heavy atom. The fourth-order valence-electron chi connectivity index (χ4n) is 16.4. The van der Waals surface area contributed by atoms with Gasteiger partial charge in [-0.05, 0) is 131 Å². The summed E-state index contributed by atoms with van der Waals surface area (Å²) in [7, 11) is 2.25. The number of benzene rings is 13. The second-order valence-corrected chi connectivity index (χ2v) is 23.9. The Balaban J connectivity index is 0.925. The van der Waals surface area contributed by atoms with E-state index < -0.39 is 0 Å². The van der Waals surface area contributed by atoms with Gasteiger partial charge in [0, 0.05) is 123 Å². The number of anilines is 5. The molecule has 0 radical (unpaired) electrons. The van der Waals surface area contributed by atoms with Crippen LogP contribution in [0.5, 0.6) is 0 Å². The number of hydrogen-bond acceptors (Lipinski definition) is 2. The molecule has 0 unspecified atom stereocenters. The summed E-state index contributed by atoms with van der Waals surface area (Å²) in [5.41, 5.74) is 28.0. The molecule has 402 valence electrons. The Bertz CT molecular complexity index is 5800. The first-order valence-corrected chi connectivity index (χ1v) is 30.3. The summed E-state index contributed by atoms with van der Waals surface area (Å²) in [5.74, 6) is 0. The minimum atomic E-state index is -0.245. The molecular weight excluding hydrogens is 1050 g/mol. The largest absolute Gasteiger partial charge is 0.375 e. The Hall–Kier alpha value is -11.2. The van der Waals surface area contributed by atoms with Crippen LogP contribution in [-0.4, -0.2) is 38.8 Å². The minimum Gasteiger partial charge on any atom is -0.375 e. The molecule has 17 aromatic rings. The second-order valence-electron chi connectivity index (χ2n) is 23.9. The third kappa shape index (κ3) is 6.15. The maximum absolute atomic E-state index is 2.74. The Kier molecular flexibility index (Phi) is 9.46. The van der Waals surface area contributed by atoms with Crippen LogP contribution in [0, 0.1) is 0 Å². The lowest BCUT2D eigenvalue weighted by molar-refractivity contribution is 1.18. The maximum Gasteiger partial charge on any atom is 0.333 e. The van der Waals surface area contributed by atoms with Crippen molar-refractivity contribution in [2.75, 3.05) is 16.8 Å². The van der Waals surface area contributed by atoms with E-state index in [4.69, 9.17) is 0 Å². The van der Waals surface area contributed by atoms with Crippen molar-refractivity contribution in [3.05, 3.63) is 285 Å². The van der Waals surface area contributed by atoms with Crippen molar-refractivity contribution in [2.45, 2.75) is 0 Å². The van der Waals surface area contributed by atoms with Crippen LogP contribution in [0.3, 0.4) is 0 Å². The van der Waals surface area contributed by atoms with E-state index in [1.54, 1.807) is 0 Å². The van der Waals surface area contributed by atoms with Gasteiger partial charge in [-0.1, -0.05) is 187 Å². The predicted octanol–water partition coefficient (Wildman–Crippen LogP) is 16.9. The smallest absolute Gasteiger partial charge is 0.333 e. The predicted molar refractivity (Wildman–Crippen MR) is 368 cm³/mol. The molecule has 0 aliphatic carbocycles. The van der Waals surface area contributed by atoms with Gasteiger partial charge in [0.15, 0.2) is 0 Å². The number of fused-ring (bicyclic) bond motifs is 20. The van der Waals surface area contributed by atoms with Crippen LogP contribution in [0.25, 0.3) is 121 Å². The van der Waals surface area contributed by atoms with E-state index in [2.05, 4.69) is 320 Å². The molecule has 4 aromatic heterocycles. The van der Waals surface area contributed by atoms with Crippen molar-refractivity contribution in [3.8, 4) is 33.6 Å². The van der Waals surface area contributed by atoms with Crippen molar-refractivity contribution < 1.29 is 0 Å². The molecule has 0 fully saturated rings. The summed E-state index contributed by atoms with van der Waals surface area (Å²) in [6.07, 6.45) is 0. The zero-order valence-electron chi connectivity index (χ0n) is 47.5. The molecule has 0 bridgehead atoms. The topological polar surface area (TPSA) is 26.2 Å². The first kappa shape index (κ1) is 47.2. The van der Waals surface area contributed by atoms with Crippen LogP contribution in [0.4, 0.5) is 28.4 Å². The molecule has 0 N–H and O–H groups in total. The van der Waals surface area contributed by atoms with E-state index in [9.17, 15) is 0 Å². The molecule has 8 heteroatoms. The molecule has 0 saturated carbocycles. The summed E-state index contributed by atoms with van der Waals surface area (Å²) >= 11 is 0. The molecule has 7 heterocycles. The Labute approximate surface area is 502 Å². The van der Waals surface area contributed by atoms with E-state index in [1.165, 1.54) is 148 Å². The summed E-state index contributed by atoms with van der Waals surface area (Å²) in [4.78, 5) is 4.95. The van der Waals surface area contributed by atoms with Crippen molar-refractivity contribution in [1.82, 2.24) is 18.1 Å². The lowest BCUT2D eigenvalue weighted by Crippen LogP contribution is -2.59. The molecule has 87 heavy (non-hydrogen) atoms. The minimum absolute atomic E-state index is 0.177. The highest BCUT2D eigenvalue weighted by atomic mass is 15.2. The highest BCUT2D eigenvalue weighted by Gasteiger charge is 2.45. The van der Waals surface area contributed by atoms with Crippen LogP contribution in [0.2, 0.25) is 0 Å². The lowest BCUT2D eigenvalue weighted by atomic mass is 9.42. The molecule has 20 rings (SSSR count). The van der Waals surface area contributed by atoms with E-state index in [1.807, 2.05) is 0 Å². The first-order valence-electron chi connectivity index (χ1n) is 30.3. The maximum atomic E-state index is 2.74. The van der Waals surface area contributed by atoms with Gasteiger partial charge in [0.25, 0.3) is 0 Å². The third-order valence-electron chi connectivity index (χ3n) is 19.7. The molecule has 6 nitrogen and oxygen atoms in total. The first-order chi connectivity index (χ1) is 43.2. The Morgan fingerprint density at radius 1 is 0.310 bits per heavy atom. The number of hydrogen-bond donors (Lipinski definition) is 0. The summed E-state index contributed by atoms with van der Waals surface area (Å²) in [6.45, 7) is -0.422. The van der Waals surface area contributed by atoms with Gasteiger partial charge in [0.2, 0.25) is 0 Å². The van der Waals surface area contributed by atoms with Gasteiger partial charge in [0.05, 0.1) is 22.1 Å². The molecule has 0 saturated heterocycles. The van der Waals surface area contributed by atoms with Crippen LogP contribution in [0.1, 0.15) is 0 Å². The molecule has 0 amide bonds. The number of para-hydroxylation sites is 8. The fraction of sp³-hybridized carbons (Fsp3) is 0.0127. The van der Waals surface area contributed by atoms with Gasteiger partial charge in [-0.3, -0.25) is 0 Å². The van der Waals surface area contributed by atoms with Crippen LogP contribution < -0.4 is 31.7 Å². The molecule has 13 aromatic carbocycles. The van der Waals surface area contributed by atoms with Gasteiger partial charge in [-0.15, -0.1) is 0 Å². The van der Waals surface area contributed by atoms with Crippen LogP contribution in [-0.2, 0) is 0 Å².